The first kappa shape index (κ1) is 16.0. The predicted octanol–water partition coefficient (Wildman–Crippen LogP) is 4.93. The van der Waals surface area contributed by atoms with Crippen molar-refractivity contribution in [3.05, 3.63) is 70.2 Å². The first-order chi connectivity index (χ1) is 8.58. The lowest BCUT2D eigenvalue weighted by Gasteiger charge is -2.14. The molecule has 0 aliphatic rings. The third-order valence-electron chi connectivity index (χ3n) is 3.19. The maximum Gasteiger partial charge on any atom is 0.0551 e. The summed E-state index contributed by atoms with van der Waals surface area (Å²) in [6.07, 6.45) is 0. The standard InChI is InChI=1S/C16H18ClN.ClH/c1-11(2)12-3-5-13(6-4-12)16(18)14-7-9-15(17)10-8-14;/h3-11,16H,18H2,1-2H3;1H. The molecule has 1 nitrogen and oxygen atoms in total. The fourth-order valence-corrected chi connectivity index (χ4v) is 2.08. The van der Waals surface area contributed by atoms with E-state index in [-0.39, 0.29) is 18.4 Å². The van der Waals surface area contributed by atoms with Gasteiger partial charge in [-0.1, -0.05) is 61.8 Å². The average Bonchev–Trinajstić information content (AvgIpc) is 2.39. The monoisotopic (exact) mass is 295 g/mol. The molecular formula is C16H19Cl2N. The molecule has 0 saturated carbocycles. The van der Waals surface area contributed by atoms with Crippen LogP contribution in [0.5, 0.6) is 0 Å². The second-order valence-corrected chi connectivity index (χ2v) is 5.29. The fourth-order valence-electron chi connectivity index (χ4n) is 1.95. The smallest absolute Gasteiger partial charge is 0.0551 e. The molecule has 19 heavy (non-hydrogen) atoms. The van der Waals surface area contributed by atoms with E-state index in [0.717, 1.165) is 16.1 Å². The largest absolute Gasteiger partial charge is 0.320 e. The summed E-state index contributed by atoms with van der Waals surface area (Å²) in [6.45, 7) is 4.38. The Balaban J connectivity index is 0.00000180. The lowest BCUT2D eigenvalue weighted by molar-refractivity contribution is 0.847. The lowest BCUT2D eigenvalue weighted by atomic mass is 9.96. The Kier molecular flexibility index (Phi) is 5.86. The van der Waals surface area contributed by atoms with Gasteiger partial charge >= 0.3 is 0 Å². The van der Waals surface area contributed by atoms with Crippen LogP contribution in [0.2, 0.25) is 5.02 Å². The number of rotatable bonds is 3. The summed E-state index contributed by atoms with van der Waals surface area (Å²) in [7, 11) is 0. The van der Waals surface area contributed by atoms with Crippen LogP contribution in [0.15, 0.2) is 48.5 Å². The molecule has 2 aromatic carbocycles. The van der Waals surface area contributed by atoms with Crippen molar-refractivity contribution < 1.29 is 0 Å². The molecule has 0 radical (unpaired) electrons. The van der Waals surface area contributed by atoms with E-state index in [4.69, 9.17) is 17.3 Å². The van der Waals surface area contributed by atoms with Crippen molar-refractivity contribution in [3.63, 3.8) is 0 Å². The number of halogens is 2. The molecular weight excluding hydrogens is 277 g/mol. The molecule has 3 heteroatoms. The normalized spacial score (nSPS) is 12.1. The van der Waals surface area contributed by atoms with Gasteiger partial charge < -0.3 is 5.73 Å². The van der Waals surface area contributed by atoms with Crippen molar-refractivity contribution in [2.45, 2.75) is 25.8 Å². The molecule has 0 heterocycles. The van der Waals surface area contributed by atoms with Gasteiger partial charge in [-0.3, -0.25) is 0 Å². The zero-order valence-corrected chi connectivity index (χ0v) is 12.7. The molecule has 0 amide bonds. The minimum absolute atomic E-state index is 0. The van der Waals surface area contributed by atoms with E-state index >= 15 is 0 Å². The fraction of sp³-hybridized carbons (Fsp3) is 0.250. The second-order valence-electron chi connectivity index (χ2n) is 4.85. The minimum atomic E-state index is -0.0940. The summed E-state index contributed by atoms with van der Waals surface area (Å²) in [6, 6.07) is 16.1. The first-order valence-corrected chi connectivity index (χ1v) is 6.56. The van der Waals surface area contributed by atoms with Crippen LogP contribution in [0.4, 0.5) is 0 Å². The zero-order valence-electron chi connectivity index (χ0n) is 11.1. The number of hydrogen-bond donors (Lipinski definition) is 1. The van der Waals surface area contributed by atoms with E-state index in [1.807, 2.05) is 24.3 Å². The highest BCUT2D eigenvalue weighted by Gasteiger charge is 2.09. The number of benzene rings is 2. The molecule has 1 unspecified atom stereocenters. The quantitative estimate of drug-likeness (QED) is 0.853. The van der Waals surface area contributed by atoms with Crippen molar-refractivity contribution in [3.8, 4) is 0 Å². The summed E-state index contributed by atoms with van der Waals surface area (Å²) in [5.41, 5.74) is 9.79. The van der Waals surface area contributed by atoms with Gasteiger partial charge in [-0.05, 0) is 34.7 Å². The number of nitrogens with two attached hydrogens (primary N) is 1. The Morgan fingerprint density at radius 3 is 1.58 bits per heavy atom. The second kappa shape index (κ2) is 6.95. The van der Waals surface area contributed by atoms with Crippen LogP contribution in [0, 0.1) is 0 Å². The zero-order chi connectivity index (χ0) is 13.1. The number of hydrogen-bond acceptors (Lipinski definition) is 1. The topological polar surface area (TPSA) is 26.0 Å². The van der Waals surface area contributed by atoms with Gasteiger partial charge in [-0.25, -0.2) is 0 Å². The third-order valence-corrected chi connectivity index (χ3v) is 3.44. The maximum atomic E-state index is 6.25. The Bertz CT molecular complexity index is 503. The molecule has 1 atom stereocenters. The maximum absolute atomic E-state index is 6.25. The molecule has 2 N–H and O–H groups in total. The van der Waals surface area contributed by atoms with Crippen LogP contribution < -0.4 is 5.73 Å². The Morgan fingerprint density at radius 2 is 1.16 bits per heavy atom. The van der Waals surface area contributed by atoms with Crippen LogP contribution in [0.3, 0.4) is 0 Å². The van der Waals surface area contributed by atoms with Crippen LogP contribution in [-0.2, 0) is 0 Å². The Morgan fingerprint density at radius 1 is 0.789 bits per heavy atom. The van der Waals surface area contributed by atoms with E-state index in [1.165, 1.54) is 5.56 Å². The molecule has 2 rings (SSSR count). The highest BCUT2D eigenvalue weighted by atomic mass is 35.5. The lowest BCUT2D eigenvalue weighted by Crippen LogP contribution is -2.11. The highest BCUT2D eigenvalue weighted by molar-refractivity contribution is 6.30. The van der Waals surface area contributed by atoms with Crippen molar-refractivity contribution in [1.82, 2.24) is 0 Å². The summed E-state index contributed by atoms with van der Waals surface area (Å²) in [5, 5.41) is 0.737. The van der Waals surface area contributed by atoms with Gasteiger partial charge in [0.15, 0.2) is 0 Å². The van der Waals surface area contributed by atoms with Gasteiger partial charge in [0.25, 0.3) is 0 Å². The Hall–Kier alpha value is -1.02. The molecule has 0 bridgehead atoms. The highest BCUT2D eigenvalue weighted by Crippen LogP contribution is 2.23. The van der Waals surface area contributed by atoms with Crippen molar-refractivity contribution >= 4 is 24.0 Å². The van der Waals surface area contributed by atoms with E-state index in [1.54, 1.807) is 0 Å². The summed E-state index contributed by atoms with van der Waals surface area (Å²) >= 11 is 5.88. The molecule has 0 fully saturated rings. The minimum Gasteiger partial charge on any atom is -0.320 e. The molecule has 0 saturated heterocycles. The molecule has 102 valence electrons. The van der Waals surface area contributed by atoms with Gasteiger partial charge in [0, 0.05) is 5.02 Å². The van der Waals surface area contributed by atoms with Crippen LogP contribution in [0.1, 0.15) is 42.5 Å². The molecule has 0 spiro atoms. The van der Waals surface area contributed by atoms with Crippen LogP contribution >= 0.6 is 24.0 Å². The van der Waals surface area contributed by atoms with Crippen molar-refractivity contribution in [2.75, 3.05) is 0 Å². The van der Waals surface area contributed by atoms with Gasteiger partial charge in [-0.15, -0.1) is 12.4 Å². The van der Waals surface area contributed by atoms with Gasteiger partial charge in [-0.2, -0.15) is 0 Å². The van der Waals surface area contributed by atoms with E-state index in [0.29, 0.717) is 5.92 Å². The SMILES string of the molecule is CC(C)c1ccc(C(N)c2ccc(Cl)cc2)cc1.Cl. The summed E-state index contributed by atoms with van der Waals surface area (Å²) in [4.78, 5) is 0. The molecule has 0 aromatic heterocycles. The van der Waals surface area contributed by atoms with E-state index in [9.17, 15) is 0 Å². The average molecular weight is 296 g/mol. The Labute approximate surface area is 126 Å². The summed E-state index contributed by atoms with van der Waals surface area (Å²) in [5.74, 6) is 0.547. The van der Waals surface area contributed by atoms with E-state index < -0.39 is 0 Å². The van der Waals surface area contributed by atoms with Crippen molar-refractivity contribution in [1.29, 1.82) is 0 Å². The third kappa shape index (κ3) is 3.97. The molecule has 0 aliphatic carbocycles. The van der Waals surface area contributed by atoms with Crippen LogP contribution in [-0.4, -0.2) is 0 Å². The molecule has 2 aromatic rings. The summed E-state index contributed by atoms with van der Waals surface area (Å²) < 4.78 is 0. The first-order valence-electron chi connectivity index (χ1n) is 6.19. The van der Waals surface area contributed by atoms with Gasteiger partial charge in [0.2, 0.25) is 0 Å². The van der Waals surface area contributed by atoms with Gasteiger partial charge in [0.05, 0.1) is 6.04 Å². The predicted molar refractivity (Wildman–Crippen MR) is 85.3 cm³/mol. The van der Waals surface area contributed by atoms with Crippen molar-refractivity contribution in [2.24, 2.45) is 5.73 Å². The van der Waals surface area contributed by atoms with Gasteiger partial charge in [0.1, 0.15) is 0 Å². The van der Waals surface area contributed by atoms with E-state index in [2.05, 4.69) is 38.1 Å². The van der Waals surface area contributed by atoms with Crippen LogP contribution in [0.25, 0.3) is 0 Å². The molecule has 0 aliphatic heterocycles.